The number of likely N-dealkylation sites (N-methyl/N-ethyl adjacent to an activating group) is 1. The monoisotopic (exact) mass is 404 g/mol. The summed E-state index contributed by atoms with van der Waals surface area (Å²) in [5.41, 5.74) is 1.36. The number of carbonyl (C=O) groups is 1. The fourth-order valence-corrected chi connectivity index (χ4v) is 3.61. The molecule has 1 aliphatic rings. The summed E-state index contributed by atoms with van der Waals surface area (Å²) < 4.78 is 10.2. The lowest BCUT2D eigenvalue weighted by Crippen LogP contribution is -2.23. The number of nitrogens with zero attached hydrogens (tertiary/aromatic N) is 2. The number of halogens is 1. The van der Waals surface area contributed by atoms with Crippen LogP contribution < -0.4 is 9.47 Å². The average molecular weight is 405 g/mol. The number of thioether (sulfide) groups is 1. The highest BCUT2D eigenvalue weighted by atomic mass is 35.5. The third kappa shape index (κ3) is 4.04. The van der Waals surface area contributed by atoms with Crippen LogP contribution in [0.15, 0.2) is 46.3 Å². The number of ether oxygens (including phenoxy) is 2. The van der Waals surface area contributed by atoms with Crippen LogP contribution in [-0.4, -0.2) is 42.3 Å². The quantitative estimate of drug-likeness (QED) is 0.769. The predicted molar refractivity (Wildman–Crippen MR) is 108 cm³/mol. The van der Waals surface area contributed by atoms with Gasteiger partial charge in [0.2, 0.25) is 0 Å². The second kappa shape index (κ2) is 7.94. The number of aromatic hydroxyl groups is 1. The zero-order valence-electron chi connectivity index (χ0n) is 14.9. The van der Waals surface area contributed by atoms with Gasteiger partial charge in [0, 0.05) is 7.05 Å². The maximum Gasteiger partial charge on any atom is 0.266 e. The molecule has 0 aliphatic carbocycles. The van der Waals surface area contributed by atoms with Crippen molar-refractivity contribution in [3.8, 4) is 17.2 Å². The Morgan fingerprint density at radius 2 is 1.89 bits per heavy atom. The number of benzene rings is 2. The van der Waals surface area contributed by atoms with Crippen LogP contribution in [0.1, 0.15) is 5.56 Å². The van der Waals surface area contributed by atoms with Gasteiger partial charge in [-0.05, 0) is 59.8 Å². The fraction of sp³-hybridized carbons (Fsp3) is 0.158. The minimum absolute atomic E-state index is 0.134. The van der Waals surface area contributed by atoms with Gasteiger partial charge in [-0.3, -0.25) is 9.69 Å². The van der Waals surface area contributed by atoms with Crippen LogP contribution in [0.2, 0.25) is 5.02 Å². The first kappa shape index (κ1) is 19.1. The Morgan fingerprint density at radius 3 is 2.52 bits per heavy atom. The molecule has 1 fully saturated rings. The minimum Gasteiger partial charge on any atom is -0.503 e. The summed E-state index contributed by atoms with van der Waals surface area (Å²) in [5.74, 6) is 0.674. The maximum absolute atomic E-state index is 12.5. The van der Waals surface area contributed by atoms with Crippen molar-refractivity contribution >= 4 is 46.2 Å². The Kier molecular flexibility index (Phi) is 5.62. The van der Waals surface area contributed by atoms with Crippen molar-refractivity contribution in [3.05, 3.63) is 51.9 Å². The fourth-order valence-electron chi connectivity index (χ4n) is 2.40. The normalized spacial score (nSPS) is 17.0. The Morgan fingerprint density at radius 1 is 1.19 bits per heavy atom. The number of hydrogen-bond acceptors (Lipinski definition) is 6. The van der Waals surface area contributed by atoms with Crippen molar-refractivity contribution in [2.75, 3.05) is 21.3 Å². The first-order chi connectivity index (χ1) is 12.9. The second-order valence-corrected chi connectivity index (χ2v) is 7.04. The van der Waals surface area contributed by atoms with Gasteiger partial charge in [-0.15, -0.1) is 0 Å². The third-order valence-electron chi connectivity index (χ3n) is 3.87. The minimum atomic E-state index is -0.171. The summed E-state index contributed by atoms with van der Waals surface area (Å²) in [6.45, 7) is 0. The number of aliphatic imine (C=N–C) groups is 1. The number of phenolic OH excluding ortho intramolecular Hbond substituents is 1. The number of amides is 1. The van der Waals surface area contributed by atoms with E-state index in [0.717, 1.165) is 5.75 Å². The van der Waals surface area contributed by atoms with Crippen LogP contribution in [0, 0.1) is 0 Å². The molecule has 2 aromatic carbocycles. The van der Waals surface area contributed by atoms with Crippen LogP contribution in [0.5, 0.6) is 17.2 Å². The van der Waals surface area contributed by atoms with Crippen molar-refractivity contribution < 1.29 is 19.4 Å². The Labute approximate surface area is 166 Å². The van der Waals surface area contributed by atoms with Gasteiger partial charge >= 0.3 is 0 Å². The van der Waals surface area contributed by atoms with Crippen LogP contribution >= 0.6 is 23.4 Å². The lowest BCUT2D eigenvalue weighted by molar-refractivity contribution is -0.121. The molecule has 1 N–H and O–H groups in total. The number of carbonyl (C=O) groups excluding carboxylic acids is 1. The van der Waals surface area contributed by atoms with E-state index in [-0.39, 0.29) is 22.4 Å². The molecule has 0 bridgehead atoms. The van der Waals surface area contributed by atoms with Gasteiger partial charge in [0.1, 0.15) is 5.75 Å². The van der Waals surface area contributed by atoms with E-state index in [0.29, 0.717) is 21.3 Å². The lowest BCUT2D eigenvalue weighted by atomic mass is 10.2. The van der Waals surface area contributed by atoms with E-state index in [4.69, 9.17) is 21.1 Å². The summed E-state index contributed by atoms with van der Waals surface area (Å²) in [6.07, 6.45) is 1.69. The van der Waals surface area contributed by atoms with Gasteiger partial charge in [-0.2, -0.15) is 0 Å². The largest absolute Gasteiger partial charge is 0.503 e. The number of methoxy groups -OCH3 is 2. The first-order valence-corrected chi connectivity index (χ1v) is 9.09. The van der Waals surface area contributed by atoms with Crippen LogP contribution in [0.25, 0.3) is 6.08 Å². The molecular weight excluding hydrogens is 388 g/mol. The molecule has 1 aliphatic heterocycles. The highest BCUT2D eigenvalue weighted by Crippen LogP contribution is 2.38. The molecular formula is C19H17ClN2O4S. The molecule has 3 rings (SSSR count). The molecule has 8 heteroatoms. The highest BCUT2D eigenvalue weighted by Gasteiger charge is 2.30. The summed E-state index contributed by atoms with van der Waals surface area (Å²) in [6, 6.07) is 10.4. The molecule has 0 saturated carbocycles. The molecule has 0 aromatic heterocycles. The molecule has 1 amide bonds. The van der Waals surface area contributed by atoms with Crippen molar-refractivity contribution in [1.29, 1.82) is 0 Å². The van der Waals surface area contributed by atoms with Crippen LogP contribution in [0.3, 0.4) is 0 Å². The summed E-state index contributed by atoms with van der Waals surface area (Å²) >= 11 is 7.27. The van der Waals surface area contributed by atoms with Gasteiger partial charge in [0.05, 0.1) is 29.8 Å². The number of amidine groups is 1. The molecule has 27 heavy (non-hydrogen) atoms. The van der Waals surface area contributed by atoms with E-state index in [1.54, 1.807) is 32.4 Å². The lowest BCUT2D eigenvalue weighted by Gasteiger charge is -2.07. The van der Waals surface area contributed by atoms with Crippen LogP contribution in [0.4, 0.5) is 5.69 Å². The average Bonchev–Trinajstić information content (AvgIpc) is 2.93. The third-order valence-corrected chi connectivity index (χ3v) is 5.22. The molecule has 0 radical (unpaired) electrons. The van der Waals surface area contributed by atoms with E-state index in [1.165, 1.54) is 23.8 Å². The van der Waals surface area contributed by atoms with Crippen molar-refractivity contribution in [3.63, 3.8) is 0 Å². The molecule has 0 unspecified atom stereocenters. The molecule has 0 spiro atoms. The van der Waals surface area contributed by atoms with Gasteiger partial charge in [0.25, 0.3) is 5.91 Å². The topological polar surface area (TPSA) is 71.4 Å². The zero-order chi connectivity index (χ0) is 19.6. The van der Waals surface area contributed by atoms with Crippen molar-refractivity contribution in [1.82, 2.24) is 4.90 Å². The molecule has 1 heterocycles. The smallest absolute Gasteiger partial charge is 0.266 e. The Balaban J connectivity index is 1.90. The zero-order valence-corrected chi connectivity index (χ0v) is 16.5. The SMILES string of the molecule is COc1ccc(N=C2S/C(=C\c3cc(Cl)c(O)c(OC)c3)C(=O)N2C)cc1. The molecule has 2 aromatic rings. The highest BCUT2D eigenvalue weighted by molar-refractivity contribution is 8.18. The van der Waals surface area contributed by atoms with E-state index < -0.39 is 0 Å². The van der Waals surface area contributed by atoms with Gasteiger partial charge < -0.3 is 14.6 Å². The molecule has 0 atom stereocenters. The second-order valence-electron chi connectivity index (χ2n) is 5.62. The Hall–Kier alpha value is -2.64. The molecule has 1 saturated heterocycles. The molecule has 6 nitrogen and oxygen atoms in total. The maximum atomic E-state index is 12.5. The van der Waals surface area contributed by atoms with E-state index in [2.05, 4.69) is 4.99 Å². The predicted octanol–water partition coefficient (Wildman–Crippen LogP) is 4.30. The standard InChI is InChI=1S/C19H17ClN2O4S/c1-22-18(24)16(10-11-8-14(20)17(23)15(9-11)26-3)27-19(22)21-12-4-6-13(25-2)7-5-12/h4-10,23H,1-3H3/b16-10-,21-19?. The first-order valence-electron chi connectivity index (χ1n) is 7.89. The van der Waals surface area contributed by atoms with Gasteiger partial charge in [0.15, 0.2) is 16.7 Å². The van der Waals surface area contributed by atoms with Gasteiger partial charge in [-0.1, -0.05) is 11.6 Å². The summed E-state index contributed by atoms with van der Waals surface area (Å²) in [7, 11) is 4.70. The van der Waals surface area contributed by atoms with Crippen LogP contribution in [-0.2, 0) is 4.79 Å². The number of rotatable bonds is 4. The summed E-state index contributed by atoms with van der Waals surface area (Å²) in [5, 5.41) is 10.5. The number of hydrogen-bond donors (Lipinski definition) is 1. The van der Waals surface area contributed by atoms with E-state index in [9.17, 15) is 9.90 Å². The van der Waals surface area contributed by atoms with Gasteiger partial charge in [-0.25, -0.2) is 4.99 Å². The van der Waals surface area contributed by atoms with E-state index in [1.807, 2.05) is 24.3 Å². The van der Waals surface area contributed by atoms with Crippen molar-refractivity contribution in [2.45, 2.75) is 0 Å². The summed E-state index contributed by atoms with van der Waals surface area (Å²) in [4.78, 5) is 19.0. The van der Waals surface area contributed by atoms with E-state index >= 15 is 0 Å². The van der Waals surface area contributed by atoms with Crippen molar-refractivity contribution in [2.24, 2.45) is 4.99 Å². The Bertz CT molecular complexity index is 941. The number of phenols is 1. The molecule has 140 valence electrons.